The van der Waals surface area contributed by atoms with Crippen molar-refractivity contribution in [1.29, 1.82) is 0 Å². The number of carboxylic acid groups (broad SMARTS) is 1. The summed E-state index contributed by atoms with van der Waals surface area (Å²) in [5, 5.41) is 15.5. The maximum Gasteiger partial charge on any atom is 0.338 e. The van der Waals surface area contributed by atoms with Crippen LogP contribution >= 0.6 is 11.3 Å². The Bertz CT molecular complexity index is 629. The summed E-state index contributed by atoms with van der Waals surface area (Å²) in [5.74, 6) is -1.10. The fourth-order valence-electron chi connectivity index (χ4n) is 1.56. The van der Waals surface area contributed by atoms with Crippen LogP contribution in [0.4, 0.5) is 5.00 Å². The van der Waals surface area contributed by atoms with E-state index in [1.807, 2.05) is 6.92 Å². The first kappa shape index (κ1) is 13.3. The number of thiophene rings is 1. The van der Waals surface area contributed by atoms with Gasteiger partial charge in [0, 0.05) is 4.88 Å². The standard InChI is InChI=1S/C12H12N2O4S/c1-3-7-4-8(12(16)17)11(19-7)14-10(15)9-5-13-18-6(9)2/h4-5H,3H2,1-2H3,(H,14,15)(H,16,17). The molecule has 0 aromatic carbocycles. The molecule has 6 nitrogen and oxygen atoms in total. The number of hydrogen-bond acceptors (Lipinski definition) is 5. The zero-order valence-electron chi connectivity index (χ0n) is 10.4. The number of carbonyl (C=O) groups excluding carboxylic acids is 1. The summed E-state index contributed by atoms with van der Waals surface area (Å²) in [6.45, 7) is 3.54. The number of amides is 1. The van der Waals surface area contributed by atoms with Crippen LogP contribution in [0.2, 0.25) is 0 Å². The quantitative estimate of drug-likeness (QED) is 0.897. The van der Waals surface area contributed by atoms with E-state index < -0.39 is 11.9 Å². The van der Waals surface area contributed by atoms with Gasteiger partial charge in [0.25, 0.3) is 5.91 Å². The van der Waals surface area contributed by atoms with Crippen LogP contribution in [0.1, 0.15) is 38.3 Å². The lowest BCUT2D eigenvalue weighted by Crippen LogP contribution is -2.13. The monoisotopic (exact) mass is 280 g/mol. The number of aryl methyl sites for hydroxylation is 2. The molecule has 2 N–H and O–H groups in total. The molecule has 2 rings (SSSR count). The average molecular weight is 280 g/mol. The highest BCUT2D eigenvalue weighted by Crippen LogP contribution is 2.29. The SMILES string of the molecule is CCc1cc(C(=O)O)c(NC(=O)c2cnoc2C)s1. The van der Waals surface area contributed by atoms with Crippen LogP contribution in [0.15, 0.2) is 16.8 Å². The number of carboxylic acids is 1. The van der Waals surface area contributed by atoms with Crippen molar-refractivity contribution in [2.24, 2.45) is 0 Å². The number of aromatic nitrogens is 1. The first-order valence-corrected chi connectivity index (χ1v) is 6.43. The number of hydrogen-bond donors (Lipinski definition) is 2. The number of aromatic carboxylic acids is 1. The lowest BCUT2D eigenvalue weighted by molar-refractivity contribution is 0.0698. The van der Waals surface area contributed by atoms with Crippen molar-refractivity contribution in [3.63, 3.8) is 0 Å². The van der Waals surface area contributed by atoms with Gasteiger partial charge in [-0.3, -0.25) is 4.79 Å². The number of nitrogens with zero attached hydrogens (tertiary/aromatic N) is 1. The Morgan fingerprint density at radius 3 is 2.74 bits per heavy atom. The Hall–Kier alpha value is -2.15. The normalized spacial score (nSPS) is 10.4. The Morgan fingerprint density at radius 2 is 2.21 bits per heavy atom. The van der Waals surface area contributed by atoms with Gasteiger partial charge >= 0.3 is 5.97 Å². The van der Waals surface area contributed by atoms with Gasteiger partial charge in [-0.15, -0.1) is 11.3 Å². The molecule has 0 saturated heterocycles. The molecule has 100 valence electrons. The average Bonchev–Trinajstić information content (AvgIpc) is 2.95. The Morgan fingerprint density at radius 1 is 1.47 bits per heavy atom. The second kappa shape index (κ2) is 5.23. The van der Waals surface area contributed by atoms with Crippen molar-refractivity contribution in [3.8, 4) is 0 Å². The van der Waals surface area contributed by atoms with Gasteiger partial charge in [-0.25, -0.2) is 4.79 Å². The first-order chi connectivity index (χ1) is 9.02. The minimum absolute atomic E-state index is 0.101. The molecule has 2 heterocycles. The molecule has 0 fully saturated rings. The van der Waals surface area contributed by atoms with Gasteiger partial charge in [-0.2, -0.15) is 0 Å². The topological polar surface area (TPSA) is 92.4 Å². The third-order valence-electron chi connectivity index (χ3n) is 2.58. The van der Waals surface area contributed by atoms with Gasteiger partial charge < -0.3 is 14.9 Å². The molecular weight excluding hydrogens is 268 g/mol. The molecule has 19 heavy (non-hydrogen) atoms. The molecule has 0 aliphatic heterocycles. The summed E-state index contributed by atoms with van der Waals surface area (Å²) >= 11 is 1.26. The minimum atomic E-state index is -1.06. The van der Waals surface area contributed by atoms with E-state index >= 15 is 0 Å². The van der Waals surface area contributed by atoms with Crippen molar-refractivity contribution >= 4 is 28.2 Å². The molecule has 0 radical (unpaired) electrons. The molecule has 0 atom stereocenters. The highest BCUT2D eigenvalue weighted by Gasteiger charge is 2.19. The summed E-state index contributed by atoms with van der Waals surface area (Å²) in [7, 11) is 0. The molecular formula is C12H12N2O4S. The largest absolute Gasteiger partial charge is 0.478 e. The van der Waals surface area contributed by atoms with Crippen LogP contribution in [-0.2, 0) is 6.42 Å². The highest BCUT2D eigenvalue weighted by molar-refractivity contribution is 7.16. The lowest BCUT2D eigenvalue weighted by Gasteiger charge is -2.02. The van der Waals surface area contributed by atoms with Crippen LogP contribution < -0.4 is 5.32 Å². The summed E-state index contributed by atoms with van der Waals surface area (Å²) in [4.78, 5) is 24.0. The predicted octanol–water partition coefficient (Wildman–Crippen LogP) is 2.56. The van der Waals surface area contributed by atoms with Gasteiger partial charge in [0.1, 0.15) is 16.3 Å². The maximum absolute atomic E-state index is 12.0. The second-order valence-electron chi connectivity index (χ2n) is 3.86. The molecule has 0 aliphatic carbocycles. The smallest absolute Gasteiger partial charge is 0.338 e. The van der Waals surface area contributed by atoms with Crippen LogP contribution in [0.5, 0.6) is 0 Å². The summed E-state index contributed by atoms with van der Waals surface area (Å²) < 4.78 is 4.80. The summed E-state index contributed by atoms with van der Waals surface area (Å²) in [5.41, 5.74) is 0.395. The van der Waals surface area contributed by atoms with E-state index in [0.29, 0.717) is 22.7 Å². The molecule has 2 aromatic rings. The van der Waals surface area contributed by atoms with Gasteiger partial charge in [0.05, 0.1) is 11.8 Å². The number of anilines is 1. The van der Waals surface area contributed by atoms with Gasteiger partial charge in [-0.1, -0.05) is 12.1 Å². The number of rotatable bonds is 4. The highest BCUT2D eigenvalue weighted by atomic mass is 32.1. The Kier molecular flexibility index (Phi) is 3.66. The van der Waals surface area contributed by atoms with E-state index in [4.69, 9.17) is 9.63 Å². The van der Waals surface area contributed by atoms with Crippen molar-refractivity contribution in [3.05, 3.63) is 34.0 Å². The van der Waals surface area contributed by atoms with Crippen molar-refractivity contribution in [1.82, 2.24) is 5.16 Å². The first-order valence-electron chi connectivity index (χ1n) is 5.61. The van der Waals surface area contributed by atoms with Gasteiger partial charge in [0.2, 0.25) is 0 Å². The van der Waals surface area contributed by atoms with E-state index in [1.54, 1.807) is 13.0 Å². The molecule has 0 unspecified atom stereocenters. The van der Waals surface area contributed by atoms with E-state index in [9.17, 15) is 9.59 Å². The van der Waals surface area contributed by atoms with Crippen molar-refractivity contribution < 1.29 is 19.2 Å². The van der Waals surface area contributed by atoms with E-state index in [2.05, 4.69) is 10.5 Å². The summed E-state index contributed by atoms with van der Waals surface area (Å²) in [6.07, 6.45) is 2.02. The van der Waals surface area contributed by atoms with E-state index in [-0.39, 0.29) is 5.56 Å². The molecule has 7 heteroatoms. The third-order valence-corrected chi connectivity index (χ3v) is 3.78. The predicted molar refractivity (Wildman–Crippen MR) is 69.8 cm³/mol. The molecule has 0 saturated carbocycles. The second-order valence-corrected chi connectivity index (χ2v) is 5.00. The minimum Gasteiger partial charge on any atom is -0.478 e. The lowest BCUT2D eigenvalue weighted by atomic mass is 10.2. The molecule has 1 amide bonds. The maximum atomic E-state index is 12.0. The summed E-state index contributed by atoms with van der Waals surface area (Å²) in [6, 6.07) is 1.57. The van der Waals surface area contributed by atoms with E-state index in [1.165, 1.54) is 17.5 Å². The van der Waals surface area contributed by atoms with Gasteiger partial charge in [0.15, 0.2) is 0 Å². The Labute approximate surface area is 113 Å². The fraction of sp³-hybridized carbons (Fsp3) is 0.250. The molecule has 0 bridgehead atoms. The molecule has 2 aromatic heterocycles. The molecule has 0 aliphatic rings. The Balaban J connectivity index is 2.28. The molecule has 0 spiro atoms. The van der Waals surface area contributed by atoms with Crippen LogP contribution in [-0.4, -0.2) is 22.1 Å². The number of carbonyl (C=O) groups is 2. The van der Waals surface area contributed by atoms with Crippen LogP contribution in [0, 0.1) is 6.92 Å². The van der Waals surface area contributed by atoms with Crippen LogP contribution in [0.25, 0.3) is 0 Å². The third kappa shape index (κ3) is 2.65. The van der Waals surface area contributed by atoms with Gasteiger partial charge in [-0.05, 0) is 19.4 Å². The van der Waals surface area contributed by atoms with Crippen molar-refractivity contribution in [2.75, 3.05) is 5.32 Å². The van der Waals surface area contributed by atoms with Crippen LogP contribution in [0.3, 0.4) is 0 Å². The van der Waals surface area contributed by atoms with Crippen molar-refractivity contribution in [2.45, 2.75) is 20.3 Å². The number of nitrogens with one attached hydrogen (secondary N) is 1. The fourth-order valence-corrected chi connectivity index (χ4v) is 2.54. The zero-order chi connectivity index (χ0) is 14.0. The van der Waals surface area contributed by atoms with E-state index in [0.717, 1.165) is 4.88 Å². The zero-order valence-corrected chi connectivity index (χ0v) is 11.2.